The molecule has 266 valence electrons. The molecule has 57 heavy (non-hydrogen) atoms. The first-order valence-electron chi connectivity index (χ1n) is 19.0. The topological polar surface area (TPSA) is 69.9 Å². The van der Waals surface area contributed by atoms with Crippen LogP contribution in [0.5, 0.6) is 0 Å². The SMILES string of the molecule is c1ccc(-c2nc(-c3ccccc3)nc(-c3cccc4c3oc3cc(-c5cccc6oc7ccc(-n8c9ccccc9c9ccccc98)cc7c56)ccc34)n2)cc1. The molecule has 0 aliphatic carbocycles. The van der Waals surface area contributed by atoms with Crippen LogP contribution in [0.25, 0.3) is 117 Å². The lowest BCUT2D eigenvalue weighted by molar-refractivity contribution is 0.668. The second kappa shape index (κ2) is 12.3. The maximum absolute atomic E-state index is 6.80. The Hall–Kier alpha value is -7.83. The van der Waals surface area contributed by atoms with Gasteiger partial charge in [-0.3, -0.25) is 0 Å². The molecule has 0 unspecified atom stereocenters. The maximum atomic E-state index is 6.80. The number of rotatable bonds is 5. The number of nitrogens with zero attached hydrogens (tertiary/aromatic N) is 4. The fraction of sp³-hybridized carbons (Fsp3) is 0. The normalized spacial score (nSPS) is 11.9. The van der Waals surface area contributed by atoms with Crippen LogP contribution < -0.4 is 0 Å². The molecule has 0 aliphatic heterocycles. The fourth-order valence-electron chi connectivity index (χ4n) is 8.47. The van der Waals surface area contributed by atoms with Gasteiger partial charge in [-0.05, 0) is 65.7 Å². The average Bonchev–Trinajstić information content (AvgIpc) is 3.96. The van der Waals surface area contributed by atoms with E-state index >= 15 is 0 Å². The van der Waals surface area contributed by atoms with E-state index in [1.165, 1.54) is 21.8 Å². The van der Waals surface area contributed by atoms with Crippen molar-refractivity contribution in [3.8, 4) is 51.0 Å². The lowest BCUT2D eigenvalue weighted by Gasteiger charge is -2.08. The van der Waals surface area contributed by atoms with Crippen LogP contribution in [-0.4, -0.2) is 19.5 Å². The van der Waals surface area contributed by atoms with Crippen LogP contribution in [0.3, 0.4) is 0 Å². The van der Waals surface area contributed by atoms with Gasteiger partial charge in [-0.25, -0.2) is 15.0 Å². The zero-order valence-electron chi connectivity index (χ0n) is 30.4. The second-order valence-electron chi connectivity index (χ2n) is 14.4. The van der Waals surface area contributed by atoms with Gasteiger partial charge >= 0.3 is 0 Å². The molecule has 0 bridgehead atoms. The summed E-state index contributed by atoms with van der Waals surface area (Å²) in [5.41, 5.74) is 11.4. The van der Waals surface area contributed by atoms with E-state index in [1.807, 2.05) is 78.9 Å². The Kier molecular flexibility index (Phi) is 6.83. The summed E-state index contributed by atoms with van der Waals surface area (Å²) in [4.78, 5) is 14.9. The number of para-hydroxylation sites is 3. The average molecular weight is 731 g/mol. The highest BCUT2D eigenvalue weighted by Gasteiger charge is 2.20. The van der Waals surface area contributed by atoms with Crippen molar-refractivity contribution in [3.05, 3.63) is 182 Å². The largest absolute Gasteiger partial charge is 0.456 e. The van der Waals surface area contributed by atoms with Crippen molar-refractivity contribution < 1.29 is 8.83 Å². The molecule has 0 spiro atoms. The number of aromatic nitrogens is 4. The van der Waals surface area contributed by atoms with Crippen LogP contribution in [0, 0.1) is 0 Å². The second-order valence-corrected chi connectivity index (χ2v) is 14.4. The standard InChI is InChI=1S/C51H30N4O2/c1-3-13-31(14-4-1)49-52-50(32-15-5-2-6-16-32)54-51(53-49)40-21-11-20-39-38-27-25-33(29-46(38)57-48(39)40)35-19-12-24-45-47(35)41-30-34(26-28-44(41)56-45)55-42-22-9-7-17-36(42)37-18-8-10-23-43(37)55/h1-30H. The first-order valence-corrected chi connectivity index (χ1v) is 19.0. The van der Waals surface area contributed by atoms with Crippen molar-refractivity contribution in [2.45, 2.75) is 0 Å². The Morgan fingerprint density at radius 1 is 0.351 bits per heavy atom. The molecule has 0 N–H and O–H groups in total. The molecule has 12 rings (SSSR count). The molecule has 12 aromatic rings. The third-order valence-electron chi connectivity index (χ3n) is 11.1. The Bertz CT molecular complexity index is 3410. The maximum Gasteiger partial charge on any atom is 0.167 e. The van der Waals surface area contributed by atoms with Gasteiger partial charge in [0.25, 0.3) is 0 Å². The molecular weight excluding hydrogens is 701 g/mol. The molecule has 0 saturated carbocycles. The minimum absolute atomic E-state index is 0.557. The molecule has 0 saturated heterocycles. The predicted octanol–water partition coefficient (Wildman–Crippen LogP) is 13.4. The Balaban J connectivity index is 1.02. The van der Waals surface area contributed by atoms with E-state index in [0.717, 1.165) is 77.4 Å². The van der Waals surface area contributed by atoms with Gasteiger partial charge in [0.2, 0.25) is 0 Å². The Morgan fingerprint density at radius 2 is 0.965 bits per heavy atom. The lowest BCUT2D eigenvalue weighted by Crippen LogP contribution is -2.00. The van der Waals surface area contributed by atoms with Crippen molar-refractivity contribution in [1.29, 1.82) is 0 Å². The van der Waals surface area contributed by atoms with Crippen molar-refractivity contribution in [1.82, 2.24) is 19.5 Å². The van der Waals surface area contributed by atoms with E-state index in [4.69, 9.17) is 23.8 Å². The zero-order chi connectivity index (χ0) is 37.5. The lowest BCUT2D eigenvalue weighted by atomic mass is 9.98. The summed E-state index contributed by atoms with van der Waals surface area (Å²) in [7, 11) is 0. The van der Waals surface area contributed by atoms with E-state index in [2.05, 4.69) is 108 Å². The molecule has 8 aromatic carbocycles. The summed E-state index contributed by atoms with van der Waals surface area (Å²) < 4.78 is 15.6. The Morgan fingerprint density at radius 3 is 1.68 bits per heavy atom. The summed E-state index contributed by atoms with van der Waals surface area (Å²) in [5, 5.41) is 6.62. The van der Waals surface area contributed by atoms with Gasteiger partial charge < -0.3 is 13.4 Å². The first kappa shape index (κ1) is 31.5. The van der Waals surface area contributed by atoms with Crippen LogP contribution in [-0.2, 0) is 0 Å². The van der Waals surface area contributed by atoms with Crippen molar-refractivity contribution in [2.75, 3.05) is 0 Å². The van der Waals surface area contributed by atoms with Gasteiger partial charge in [0, 0.05) is 49.1 Å². The van der Waals surface area contributed by atoms with Crippen molar-refractivity contribution in [2.24, 2.45) is 0 Å². The molecule has 6 heteroatoms. The van der Waals surface area contributed by atoms with Gasteiger partial charge in [0.15, 0.2) is 17.5 Å². The first-order chi connectivity index (χ1) is 28.2. The van der Waals surface area contributed by atoms with Gasteiger partial charge in [-0.15, -0.1) is 0 Å². The third kappa shape index (κ3) is 4.94. The summed E-state index contributed by atoms with van der Waals surface area (Å²) in [5.74, 6) is 1.77. The number of furan rings is 2. The van der Waals surface area contributed by atoms with Gasteiger partial charge in [0.1, 0.15) is 22.3 Å². The number of fused-ring (bicyclic) bond motifs is 9. The molecule has 4 aromatic heterocycles. The molecular formula is C51H30N4O2. The minimum atomic E-state index is 0.557. The highest BCUT2D eigenvalue weighted by Crippen LogP contribution is 2.42. The van der Waals surface area contributed by atoms with E-state index < -0.39 is 0 Å². The van der Waals surface area contributed by atoms with Crippen LogP contribution in [0.1, 0.15) is 0 Å². The van der Waals surface area contributed by atoms with Crippen LogP contribution in [0.15, 0.2) is 191 Å². The van der Waals surface area contributed by atoms with E-state index in [-0.39, 0.29) is 0 Å². The Labute approximate surface area is 325 Å². The predicted molar refractivity (Wildman–Crippen MR) is 230 cm³/mol. The van der Waals surface area contributed by atoms with Gasteiger partial charge in [0.05, 0.1) is 16.6 Å². The summed E-state index contributed by atoms with van der Waals surface area (Å²) in [6, 6.07) is 62.7. The highest BCUT2D eigenvalue weighted by molar-refractivity contribution is 6.15. The molecule has 0 aliphatic rings. The number of hydrogen-bond donors (Lipinski definition) is 0. The zero-order valence-corrected chi connectivity index (χ0v) is 30.4. The number of hydrogen-bond acceptors (Lipinski definition) is 5. The third-order valence-corrected chi connectivity index (χ3v) is 11.1. The number of benzene rings is 8. The van der Waals surface area contributed by atoms with Crippen LogP contribution >= 0.6 is 0 Å². The summed E-state index contributed by atoms with van der Waals surface area (Å²) >= 11 is 0. The van der Waals surface area contributed by atoms with Crippen LogP contribution in [0.2, 0.25) is 0 Å². The fourth-order valence-corrected chi connectivity index (χ4v) is 8.47. The monoisotopic (exact) mass is 730 g/mol. The van der Waals surface area contributed by atoms with Gasteiger partial charge in [-0.1, -0.05) is 127 Å². The minimum Gasteiger partial charge on any atom is -0.456 e. The van der Waals surface area contributed by atoms with E-state index in [1.54, 1.807) is 0 Å². The molecule has 4 heterocycles. The smallest absolute Gasteiger partial charge is 0.167 e. The van der Waals surface area contributed by atoms with E-state index in [9.17, 15) is 0 Å². The van der Waals surface area contributed by atoms with E-state index in [0.29, 0.717) is 17.5 Å². The molecule has 0 fully saturated rings. The highest BCUT2D eigenvalue weighted by atomic mass is 16.3. The van der Waals surface area contributed by atoms with Gasteiger partial charge in [-0.2, -0.15) is 0 Å². The van der Waals surface area contributed by atoms with Crippen molar-refractivity contribution in [3.63, 3.8) is 0 Å². The summed E-state index contributed by atoms with van der Waals surface area (Å²) in [6.07, 6.45) is 0. The molecule has 0 atom stereocenters. The van der Waals surface area contributed by atoms with Crippen molar-refractivity contribution >= 4 is 65.7 Å². The quantitative estimate of drug-likeness (QED) is 0.176. The molecule has 6 nitrogen and oxygen atoms in total. The van der Waals surface area contributed by atoms with Crippen LogP contribution in [0.4, 0.5) is 0 Å². The summed E-state index contributed by atoms with van der Waals surface area (Å²) in [6.45, 7) is 0. The molecule has 0 amide bonds. The molecule has 0 radical (unpaired) electrons.